The molecular formula is C16H14ClNOS2. The third kappa shape index (κ3) is 3.40. The minimum atomic E-state index is 0.624. The second-order valence-electron chi connectivity index (χ2n) is 4.48. The average molecular weight is 336 g/mol. The highest BCUT2D eigenvalue weighted by atomic mass is 35.5. The third-order valence-electron chi connectivity index (χ3n) is 3.08. The summed E-state index contributed by atoms with van der Waals surface area (Å²) in [5, 5.41) is 8.32. The first-order chi connectivity index (χ1) is 10.3. The van der Waals surface area contributed by atoms with Crippen LogP contribution in [0.3, 0.4) is 0 Å². The zero-order valence-corrected chi connectivity index (χ0v) is 13.8. The Morgan fingerprint density at radius 1 is 1.19 bits per heavy atom. The Bertz CT molecular complexity index is 722. The van der Waals surface area contributed by atoms with Crippen LogP contribution >= 0.6 is 34.3 Å². The maximum atomic E-state index is 6.02. The second kappa shape index (κ2) is 6.52. The van der Waals surface area contributed by atoms with Crippen LogP contribution in [0.1, 0.15) is 4.88 Å². The molecule has 3 rings (SSSR count). The lowest BCUT2D eigenvalue weighted by molar-refractivity contribution is 0.415. The Labute approximate surface area is 137 Å². The fourth-order valence-corrected chi connectivity index (χ4v) is 3.81. The largest absolute Gasteiger partial charge is 0.495 e. The molecule has 0 unspecified atom stereocenters. The Hall–Kier alpha value is -1.49. The number of benzene rings is 1. The molecule has 0 aliphatic heterocycles. The molecule has 2 aromatic heterocycles. The molecule has 0 aliphatic rings. The smallest absolute Gasteiger partial charge is 0.139 e. The van der Waals surface area contributed by atoms with Crippen molar-refractivity contribution in [2.24, 2.45) is 0 Å². The quantitative estimate of drug-likeness (QED) is 0.641. The molecule has 21 heavy (non-hydrogen) atoms. The van der Waals surface area contributed by atoms with Crippen molar-refractivity contribution in [3.05, 3.63) is 57.1 Å². The number of ether oxygens (including phenoxy) is 1. The lowest BCUT2D eigenvalue weighted by atomic mass is 10.2. The summed E-state index contributed by atoms with van der Waals surface area (Å²) in [6.45, 7) is 0.792. The molecule has 3 aromatic rings. The van der Waals surface area contributed by atoms with Crippen LogP contribution in [0.5, 0.6) is 5.75 Å². The predicted molar refractivity (Wildman–Crippen MR) is 93.0 cm³/mol. The summed E-state index contributed by atoms with van der Waals surface area (Å²) in [5.41, 5.74) is 2.29. The lowest BCUT2D eigenvalue weighted by Gasteiger charge is -2.08. The number of nitrogens with one attached hydrogen (secondary N) is 1. The highest BCUT2D eigenvalue weighted by molar-refractivity contribution is 7.14. The zero-order chi connectivity index (χ0) is 14.7. The van der Waals surface area contributed by atoms with E-state index in [1.54, 1.807) is 29.8 Å². The topological polar surface area (TPSA) is 21.3 Å². The van der Waals surface area contributed by atoms with Gasteiger partial charge in [0.25, 0.3) is 0 Å². The Morgan fingerprint density at radius 3 is 2.86 bits per heavy atom. The van der Waals surface area contributed by atoms with Crippen LogP contribution < -0.4 is 10.1 Å². The molecule has 2 heterocycles. The second-order valence-corrected chi connectivity index (χ2v) is 6.83. The molecule has 0 atom stereocenters. The molecule has 0 saturated heterocycles. The van der Waals surface area contributed by atoms with Crippen LogP contribution in [0.15, 0.2) is 47.2 Å². The molecule has 0 fully saturated rings. The number of thiophene rings is 2. The first-order valence-electron chi connectivity index (χ1n) is 6.45. The van der Waals surface area contributed by atoms with Crippen LogP contribution in [0.2, 0.25) is 5.02 Å². The highest BCUT2D eigenvalue weighted by Gasteiger charge is 2.05. The Balaban J connectivity index is 1.68. The number of hydrogen-bond acceptors (Lipinski definition) is 4. The maximum absolute atomic E-state index is 6.02. The van der Waals surface area contributed by atoms with E-state index in [4.69, 9.17) is 16.3 Å². The molecule has 5 heteroatoms. The standard InChI is InChI=1S/C16H14ClNOS2/c1-19-15-8-12(4-5-14(15)17)18-9-13-7-11(10-21-13)16-3-2-6-20-16/h2-8,10,18H,9H2,1H3. The molecule has 1 N–H and O–H groups in total. The average Bonchev–Trinajstić information content (AvgIpc) is 3.17. The molecule has 0 radical (unpaired) electrons. The van der Waals surface area contributed by atoms with Gasteiger partial charge in [0, 0.05) is 33.6 Å². The molecule has 0 saturated carbocycles. The fourth-order valence-electron chi connectivity index (χ4n) is 2.00. The monoisotopic (exact) mass is 335 g/mol. The van der Waals surface area contributed by atoms with Gasteiger partial charge in [-0.25, -0.2) is 0 Å². The van der Waals surface area contributed by atoms with E-state index in [-0.39, 0.29) is 0 Å². The number of hydrogen-bond donors (Lipinski definition) is 1. The predicted octanol–water partition coefficient (Wildman–Crippen LogP) is 5.75. The number of rotatable bonds is 5. The van der Waals surface area contributed by atoms with E-state index in [0.29, 0.717) is 10.8 Å². The van der Waals surface area contributed by atoms with E-state index >= 15 is 0 Å². The van der Waals surface area contributed by atoms with Crippen LogP contribution in [-0.2, 0) is 6.54 Å². The molecule has 1 aromatic carbocycles. The number of methoxy groups -OCH3 is 1. The number of halogens is 1. The Kier molecular flexibility index (Phi) is 4.48. The van der Waals surface area contributed by atoms with Crippen LogP contribution in [0, 0.1) is 0 Å². The first kappa shape index (κ1) is 14.4. The van der Waals surface area contributed by atoms with Crippen LogP contribution in [0.4, 0.5) is 5.69 Å². The summed E-state index contributed by atoms with van der Waals surface area (Å²) >= 11 is 9.56. The molecule has 0 aliphatic carbocycles. The van der Waals surface area contributed by atoms with Crippen molar-refractivity contribution in [2.75, 3.05) is 12.4 Å². The van der Waals surface area contributed by atoms with Gasteiger partial charge in [-0.05, 0) is 35.0 Å². The van der Waals surface area contributed by atoms with E-state index in [9.17, 15) is 0 Å². The van der Waals surface area contributed by atoms with E-state index in [1.807, 2.05) is 18.2 Å². The third-order valence-corrected chi connectivity index (χ3v) is 5.25. The van der Waals surface area contributed by atoms with Gasteiger partial charge in [-0.1, -0.05) is 17.7 Å². The van der Waals surface area contributed by atoms with E-state index in [0.717, 1.165) is 12.2 Å². The van der Waals surface area contributed by atoms with Gasteiger partial charge in [-0.15, -0.1) is 22.7 Å². The summed E-state index contributed by atoms with van der Waals surface area (Å²) in [5.74, 6) is 0.687. The molecule has 0 spiro atoms. The van der Waals surface area contributed by atoms with Crippen molar-refractivity contribution in [2.45, 2.75) is 6.54 Å². The van der Waals surface area contributed by atoms with Gasteiger partial charge in [0.1, 0.15) is 5.75 Å². The van der Waals surface area contributed by atoms with Crippen LogP contribution in [-0.4, -0.2) is 7.11 Å². The van der Waals surface area contributed by atoms with Crippen molar-refractivity contribution in [3.63, 3.8) is 0 Å². The molecule has 2 nitrogen and oxygen atoms in total. The summed E-state index contributed by atoms with van der Waals surface area (Å²) in [6, 6.07) is 12.2. The zero-order valence-electron chi connectivity index (χ0n) is 11.4. The van der Waals surface area contributed by atoms with Gasteiger partial charge in [0.2, 0.25) is 0 Å². The number of anilines is 1. The summed E-state index contributed by atoms with van der Waals surface area (Å²) in [7, 11) is 1.62. The van der Waals surface area contributed by atoms with Gasteiger partial charge in [0.05, 0.1) is 12.1 Å². The molecular weight excluding hydrogens is 322 g/mol. The molecule has 0 amide bonds. The van der Waals surface area contributed by atoms with Crippen LogP contribution in [0.25, 0.3) is 10.4 Å². The van der Waals surface area contributed by atoms with Crippen molar-refractivity contribution in [1.29, 1.82) is 0 Å². The summed E-state index contributed by atoms with van der Waals surface area (Å²) in [4.78, 5) is 2.61. The summed E-state index contributed by atoms with van der Waals surface area (Å²) in [6.07, 6.45) is 0. The fraction of sp³-hybridized carbons (Fsp3) is 0.125. The van der Waals surface area contributed by atoms with E-state index in [1.165, 1.54) is 15.3 Å². The minimum Gasteiger partial charge on any atom is -0.495 e. The van der Waals surface area contributed by atoms with Gasteiger partial charge < -0.3 is 10.1 Å². The van der Waals surface area contributed by atoms with Gasteiger partial charge in [-0.3, -0.25) is 0 Å². The normalized spacial score (nSPS) is 10.6. The van der Waals surface area contributed by atoms with Crippen molar-refractivity contribution < 1.29 is 4.74 Å². The van der Waals surface area contributed by atoms with Crippen molar-refractivity contribution >= 4 is 40.0 Å². The highest BCUT2D eigenvalue weighted by Crippen LogP contribution is 2.30. The molecule has 108 valence electrons. The lowest BCUT2D eigenvalue weighted by Crippen LogP contribution is -1.97. The van der Waals surface area contributed by atoms with Gasteiger partial charge >= 0.3 is 0 Å². The van der Waals surface area contributed by atoms with Crippen molar-refractivity contribution in [3.8, 4) is 16.2 Å². The minimum absolute atomic E-state index is 0.624. The van der Waals surface area contributed by atoms with Gasteiger partial charge in [-0.2, -0.15) is 0 Å². The Morgan fingerprint density at radius 2 is 2.10 bits per heavy atom. The van der Waals surface area contributed by atoms with Gasteiger partial charge in [0.15, 0.2) is 0 Å². The maximum Gasteiger partial charge on any atom is 0.139 e. The molecule has 0 bridgehead atoms. The van der Waals surface area contributed by atoms with E-state index < -0.39 is 0 Å². The summed E-state index contributed by atoms with van der Waals surface area (Å²) < 4.78 is 5.22. The van der Waals surface area contributed by atoms with E-state index in [2.05, 4.69) is 34.3 Å². The van der Waals surface area contributed by atoms with Crippen molar-refractivity contribution in [1.82, 2.24) is 0 Å². The SMILES string of the molecule is COc1cc(NCc2cc(-c3cccs3)cs2)ccc1Cl. The first-order valence-corrected chi connectivity index (χ1v) is 8.58.